The Bertz CT molecular complexity index is 1410. The normalized spacial score (nSPS) is 11.4. The molecule has 2 amide bonds. The molecule has 174 valence electrons. The van der Waals surface area contributed by atoms with Crippen molar-refractivity contribution in [2.75, 3.05) is 0 Å². The fraction of sp³-hybridized carbons (Fsp3) is 0.136. The number of benzene rings is 2. The largest absolute Gasteiger partial charge is 0.435 e. The van der Waals surface area contributed by atoms with Crippen molar-refractivity contribution in [3.05, 3.63) is 94.2 Å². The molecule has 0 fully saturated rings. The van der Waals surface area contributed by atoms with Crippen LogP contribution in [0, 0.1) is 0 Å². The fourth-order valence-electron chi connectivity index (χ4n) is 3.24. The smallest absolute Gasteiger partial charge is 0.271 e. The molecule has 0 aliphatic heterocycles. The van der Waals surface area contributed by atoms with Crippen LogP contribution in [0.25, 0.3) is 10.8 Å². The lowest BCUT2D eigenvalue weighted by molar-refractivity contribution is -0.141. The molecule has 0 aliphatic rings. The van der Waals surface area contributed by atoms with Crippen LogP contribution in [0.4, 0.5) is 13.2 Å². The minimum atomic E-state index is -4.63. The van der Waals surface area contributed by atoms with Gasteiger partial charge in [-0.3, -0.25) is 29.9 Å². The van der Waals surface area contributed by atoms with Crippen LogP contribution in [-0.2, 0) is 24.1 Å². The van der Waals surface area contributed by atoms with E-state index in [-0.39, 0.29) is 28.6 Å². The molecule has 0 saturated heterocycles. The average molecular weight is 470 g/mol. The van der Waals surface area contributed by atoms with Gasteiger partial charge in [0.15, 0.2) is 11.4 Å². The maximum atomic E-state index is 12.9. The van der Waals surface area contributed by atoms with Gasteiger partial charge >= 0.3 is 6.18 Å². The average Bonchev–Trinajstić information content (AvgIpc) is 3.29. The highest BCUT2D eigenvalue weighted by Crippen LogP contribution is 2.27. The van der Waals surface area contributed by atoms with Gasteiger partial charge in [0, 0.05) is 11.6 Å². The molecule has 0 spiro atoms. The molecule has 9 nitrogen and oxygen atoms in total. The number of rotatable bonds is 5. The van der Waals surface area contributed by atoms with Gasteiger partial charge in [0.25, 0.3) is 17.4 Å². The van der Waals surface area contributed by atoms with Crippen LogP contribution < -0.4 is 16.4 Å². The van der Waals surface area contributed by atoms with Gasteiger partial charge in [-0.25, -0.2) is 4.68 Å². The lowest BCUT2D eigenvalue weighted by Crippen LogP contribution is -2.44. The van der Waals surface area contributed by atoms with Gasteiger partial charge in [-0.1, -0.05) is 48.5 Å². The van der Waals surface area contributed by atoms with Crippen LogP contribution >= 0.6 is 0 Å². The maximum Gasteiger partial charge on any atom is 0.435 e. The zero-order chi connectivity index (χ0) is 24.3. The number of alkyl halides is 3. The highest BCUT2D eigenvalue weighted by atomic mass is 19.4. The first-order valence-corrected chi connectivity index (χ1v) is 9.96. The molecule has 2 aromatic heterocycles. The highest BCUT2D eigenvalue weighted by Gasteiger charge is 2.33. The third-order valence-electron chi connectivity index (χ3n) is 4.81. The number of nitrogens with zero attached hydrogens (tertiary/aromatic N) is 4. The Kier molecular flexibility index (Phi) is 6.13. The van der Waals surface area contributed by atoms with Gasteiger partial charge in [0.05, 0.1) is 11.9 Å². The van der Waals surface area contributed by atoms with E-state index in [0.717, 1.165) is 27.2 Å². The zero-order valence-electron chi connectivity index (χ0n) is 17.4. The molecule has 0 aliphatic carbocycles. The zero-order valence-corrected chi connectivity index (χ0v) is 17.4. The minimum Gasteiger partial charge on any atom is -0.271 e. The van der Waals surface area contributed by atoms with Gasteiger partial charge in [0.2, 0.25) is 0 Å². The molecule has 34 heavy (non-hydrogen) atoms. The van der Waals surface area contributed by atoms with E-state index in [4.69, 9.17) is 0 Å². The summed E-state index contributed by atoms with van der Waals surface area (Å²) in [6, 6.07) is 16.2. The summed E-state index contributed by atoms with van der Waals surface area (Å²) in [5, 5.41) is 8.01. The van der Waals surface area contributed by atoms with Crippen LogP contribution in [0.1, 0.15) is 21.7 Å². The third kappa shape index (κ3) is 4.95. The molecular formula is C22H17F3N6O3. The van der Waals surface area contributed by atoms with Crippen molar-refractivity contribution < 1.29 is 22.8 Å². The summed E-state index contributed by atoms with van der Waals surface area (Å²) in [4.78, 5) is 37.7. The summed E-state index contributed by atoms with van der Waals surface area (Å²) >= 11 is 0. The minimum absolute atomic E-state index is 0.107. The molecule has 2 heterocycles. The Hall–Kier alpha value is -4.48. The Labute approximate surface area is 189 Å². The van der Waals surface area contributed by atoms with E-state index in [1.807, 2.05) is 30.3 Å². The number of hydrogen-bond donors (Lipinski definition) is 2. The summed E-state index contributed by atoms with van der Waals surface area (Å²) in [5.74, 6) is -1.62. The van der Waals surface area contributed by atoms with Crippen LogP contribution in [-0.4, -0.2) is 31.4 Å². The lowest BCUT2D eigenvalue weighted by Gasteiger charge is -2.12. The molecule has 0 unspecified atom stereocenters. The topological polar surface area (TPSA) is 111 Å². The quantitative estimate of drug-likeness (QED) is 0.434. The summed E-state index contributed by atoms with van der Waals surface area (Å²) < 4.78 is 39.9. The van der Waals surface area contributed by atoms with Crippen molar-refractivity contribution in [2.24, 2.45) is 0 Å². The van der Waals surface area contributed by atoms with Gasteiger partial charge < -0.3 is 0 Å². The number of hydrazine groups is 1. The second-order valence-corrected chi connectivity index (χ2v) is 7.24. The molecule has 0 radical (unpaired) electrons. The molecular weight excluding hydrogens is 453 g/mol. The number of nitrogens with one attached hydrogen (secondary N) is 2. The SMILES string of the molecule is O=C(Cn1ccc(C(F)(F)F)n1)NNC(=O)c1nn(Cc2ccccc2)c(=O)c2ccccc12. The maximum absolute atomic E-state index is 12.9. The number of halogens is 3. The predicted octanol–water partition coefficient (Wildman–Crippen LogP) is 2.12. The van der Waals surface area contributed by atoms with Crippen molar-refractivity contribution in [1.29, 1.82) is 0 Å². The number of hydrogen-bond acceptors (Lipinski definition) is 5. The molecule has 0 bridgehead atoms. The summed E-state index contributed by atoms with van der Waals surface area (Å²) in [6.45, 7) is -0.434. The Balaban J connectivity index is 1.52. The van der Waals surface area contributed by atoms with Crippen LogP contribution in [0.15, 0.2) is 71.7 Å². The van der Waals surface area contributed by atoms with Gasteiger partial charge in [-0.2, -0.15) is 23.4 Å². The number of amides is 2. The highest BCUT2D eigenvalue weighted by molar-refractivity contribution is 6.05. The number of carbonyl (C=O) groups is 2. The van der Waals surface area contributed by atoms with E-state index in [1.165, 1.54) is 0 Å². The van der Waals surface area contributed by atoms with Crippen molar-refractivity contribution in [2.45, 2.75) is 19.3 Å². The second-order valence-electron chi connectivity index (χ2n) is 7.24. The number of carbonyl (C=O) groups excluding carboxylic acids is 2. The van der Waals surface area contributed by atoms with Crippen molar-refractivity contribution in [3.8, 4) is 0 Å². The van der Waals surface area contributed by atoms with E-state index in [2.05, 4.69) is 21.0 Å². The van der Waals surface area contributed by atoms with E-state index in [1.54, 1.807) is 24.3 Å². The fourth-order valence-corrected chi connectivity index (χ4v) is 3.24. The second kappa shape index (κ2) is 9.17. The first-order valence-electron chi connectivity index (χ1n) is 9.96. The Morgan fingerprint density at radius 1 is 0.882 bits per heavy atom. The summed E-state index contributed by atoms with van der Waals surface area (Å²) in [5.41, 5.74) is 3.46. The molecule has 0 saturated carbocycles. The van der Waals surface area contributed by atoms with E-state index < -0.39 is 30.2 Å². The predicted molar refractivity (Wildman–Crippen MR) is 114 cm³/mol. The van der Waals surface area contributed by atoms with E-state index in [9.17, 15) is 27.6 Å². The van der Waals surface area contributed by atoms with Crippen LogP contribution in [0.2, 0.25) is 0 Å². The van der Waals surface area contributed by atoms with E-state index in [0.29, 0.717) is 0 Å². The van der Waals surface area contributed by atoms with Crippen LogP contribution in [0.3, 0.4) is 0 Å². The molecule has 0 atom stereocenters. The van der Waals surface area contributed by atoms with Crippen molar-refractivity contribution >= 4 is 22.6 Å². The summed E-state index contributed by atoms with van der Waals surface area (Å²) in [7, 11) is 0. The van der Waals surface area contributed by atoms with Crippen molar-refractivity contribution in [1.82, 2.24) is 30.4 Å². The first-order chi connectivity index (χ1) is 16.2. The van der Waals surface area contributed by atoms with Gasteiger partial charge in [0.1, 0.15) is 6.54 Å². The first kappa shape index (κ1) is 22.7. The Morgan fingerprint density at radius 2 is 1.56 bits per heavy atom. The molecule has 4 aromatic rings. The summed E-state index contributed by atoms with van der Waals surface area (Å²) in [6.07, 6.45) is -3.63. The van der Waals surface area contributed by atoms with Crippen molar-refractivity contribution in [3.63, 3.8) is 0 Å². The lowest BCUT2D eigenvalue weighted by atomic mass is 10.1. The number of aromatic nitrogens is 4. The molecule has 2 N–H and O–H groups in total. The third-order valence-corrected chi connectivity index (χ3v) is 4.81. The van der Waals surface area contributed by atoms with Crippen LogP contribution in [0.5, 0.6) is 0 Å². The van der Waals surface area contributed by atoms with E-state index >= 15 is 0 Å². The van der Waals surface area contributed by atoms with Gasteiger partial charge in [-0.05, 0) is 17.7 Å². The molecule has 2 aromatic carbocycles. The van der Waals surface area contributed by atoms with Gasteiger partial charge in [-0.15, -0.1) is 0 Å². The molecule has 12 heteroatoms. The Morgan fingerprint density at radius 3 is 2.24 bits per heavy atom. The number of fused-ring (bicyclic) bond motifs is 1. The molecule has 4 rings (SSSR count). The standard InChI is InChI=1S/C22H17F3N6O3/c23-22(24,25)17-10-11-30(28-17)13-18(32)26-27-20(33)19-15-8-4-5-9-16(15)21(34)31(29-19)12-14-6-2-1-3-7-14/h1-11H,12-13H2,(H,26,32)(H,27,33). The monoisotopic (exact) mass is 470 g/mol.